The molecule has 19 heavy (non-hydrogen) atoms. The Bertz CT molecular complexity index is 495. The number of nitrogens with zero attached hydrogens (tertiary/aromatic N) is 1. The molecule has 0 fully saturated rings. The quantitative estimate of drug-likeness (QED) is 0.483. The van der Waals surface area contributed by atoms with Crippen molar-refractivity contribution in [3.63, 3.8) is 0 Å². The molecule has 0 bridgehead atoms. The average Bonchev–Trinajstić information content (AvgIpc) is 2.24. The van der Waals surface area contributed by atoms with Crippen molar-refractivity contribution in [1.29, 1.82) is 0 Å². The first-order valence-corrected chi connectivity index (χ1v) is 5.85. The predicted octanol–water partition coefficient (Wildman–Crippen LogP) is 2.97. The Balaban J connectivity index is 2.73. The largest absolute Gasteiger partial charge is 0.475 e. The van der Waals surface area contributed by atoms with Gasteiger partial charge in [0.2, 0.25) is 0 Å². The normalized spacial score (nSPS) is 10.9. The Hall–Kier alpha value is -1.82. The van der Waals surface area contributed by atoms with Gasteiger partial charge in [-0.25, -0.2) is 4.79 Å². The molecule has 0 saturated heterocycles. The zero-order valence-electron chi connectivity index (χ0n) is 10.8. The van der Waals surface area contributed by atoms with Crippen molar-refractivity contribution in [2.24, 2.45) is 0 Å². The number of hydrogen-bond acceptors (Lipinski definition) is 5. The SMILES string of the molecule is CC(C)(C)OC(=O)COc1ccc(Cl)cc1[N+](=O)[O-]. The Kier molecular flexibility index (Phi) is 4.72. The van der Waals surface area contributed by atoms with E-state index in [0.29, 0.717) is 0 Å². The van der Waals surface area contributed by atoms with Gasteiger partial charge in [-0.2, -0.15) is 0 Å². The van der Waals surface area contributed by atoms with Crippen LogP contribution in [0.5, 0.6) is 5.75 Å². The number of esters is 1. The Labute approximate surface area is 115 Å². The molecule has 0 aromatic heterocycles. The highest BCUT2D eigenvalue weighted by Gasteiger charge is 2.20. The van der Waals surface area contributed by atoms with Gasteiger partial charge in [0.25, 0.3) is 0 Å². The molecule has 0 unspecified atom stereocenters. The van der Waals surface area contributed by atoms with Crippen LogP contribution in [0, 0.1) is 10.1 Å². The van der Waals surface area contributed by atoms with E-state index in [1.807, 2.05) is 0 Å². The fourth-order valence-corrected chi connectivity index (χ4v) is 1.43. The van der Waals surface area contributed by atoms with Crippen LogP contribution in [-0.2, 0) is 9.53 Å². The van der Waals surface area contributed by atoms with Crippen LogP contribution in [0.4, 0.5) is 5.69 Å². The zero-order chi connectivity index (χ0) is 14.6. The molecular weight excluding hydrogens is 274 g/mol. The third-order valence-corrected chi connectivity index (χ3v) is 2.12. The van der Waals surface area contributed by atoms with Crippen LogP contribution < -0.4 is 4.74 Å². The van der Waals surface area contributed by atoms with Crippen molar-refractivity contribution in [2.45, 2.75) is 26.4 Å². The third kappa shape index (κ3) is 5.13. The number of halogens is 1. The van der Waals surface area contributed by atoms with E-state index in [1.54, 1.807) is 20.8 Å². The fraction of sp³-hybridized carbons (Fsp3) is 0.417. The minimum absolute atomic E-state index is 0.0275. The minimum atomic E-state index is -0.633. The molecule has 0 spiro atoms. The second-order valence-electron chi connectivity index (χ2n) is 4.74. The monoisotopic (exact) mass is 287 g/mol. The highest BCUT2D eigenvalue weighted by Crippen LogP contribution is 2.29. The van der Waals surface area contributed by atoms with Crippen LogP contribution in [0.3, 0.4) is 0 Å². The molecule has 6 nitrogen and oxygen atoms in total. The predicted molar refractivity (Wildman–Crippen MR) is 69.4 cm³/mol. The van der Waals surface area contributed by atoms with E-state index < -0.39 is 23.1 Å². The number of nitro benzene ring substituents is 1. The summed E-state index contributed by atoms with van der Waals surface area (Å²) in [5, 5.41) is 11.0. The van der Waals surface area contributed by atoms with Gasteiger partial charge in [0.15, 0.2) is 12.4 Å². The van der Waals surface area contributed by atoms with Crippen molar-refractivity contribution in [3.8, 4) is 5.75 Å². The van der Waals surface area contributed by atoms with Crippen LogP contribution in [0.1, 0.15) is 20.8 Å². The summed E-state index contributed by atoms with van der Waals surface area (Å²) in [5.74, 6) is -0.628. The zero-order valence-corrected chi connectivity index (χ0v) is 11.6. The van der Waals surface area contributed by atoms with E-state index in [0.717, 1.165) is 6.07 Å². The maximum Gasteiger partial charge on any atom is 0.344 e. The number of benzene rings is 1. The van der Waals surface area contributed by atoms with Crippen molar-refractivity contribution in [2.75, 3.05) is 6.61 Å². The molecule has 0 heterocycles. The summed E-state index contributed by atoms with van der Waals surface area (Å²) in [7, 11) is 0. The lowest BCUT2D eigenvalue weighted by molar-refractivity contribution is -0.385. The molecule has 1 aromatic carbocycles. The van der Waals surface area contributed by atoms with Gasteiger partial charge in [0, 0.05) is 11.1 Å². The number of carbonyl (C=O) groups is 1. The minimum Gasteiger partial charge on any atom is -0.475 e. The summed E-state index contributed by atoms with van der Waals surface area (Å²) >= 11 is 5.66. The molecule has 0 radical (unpaired) electrons. The third-order valence-electron chi connectivity index (χ3n) is 1.88. The molecule has 1 aromatic rings. The van der Waals surface area contributed by atoms with E-state index in [1.165, 1.54) is 12.1 Å². The molecule has 7 heteroatoms. The van der Waals surface area contributed by atoms with E-state index in [2.05, 4.69) is 0 Å². The molecule has 0 aliphatic rings. The first-order chi connectivity index (χ1) is 8.69. The molecular formula is C12H14ClNO5. The van der Waals surface area contributed by atoms with Gasteiger partial charge in [-0.15, -0.1) is 0 Å². The highest BCUT2D eigenvalue weighted by molar-refractivity contribution is 6.30. The van der Waals surface area contributed by atoms with Gasteiger partial charge in [-0.1, -0.05) is 11.6 Å². The summed E-state index contributed by atoms with van der Waals surface area (Å²) in [6, 6.07) is 3.94. The number of nitro groups is 1. The van der Waals surface area contributed by atoms with Crippen LogP contribution in [0.15, 0.2) is 18.2 Å². The molecule has 104 valence electrons. The summed E-state index contributed by atoms with van der Waals surface area (Å²) in [6.45, 7) is 4.75. The Morgan fingerprint density at radius 3 is 2.58 bits per heavy atom. The van der Waals surface area contributed by atoms with Gasteiger partial charge >= 0.3 is 11.7 Å². The second-order valence-corrected chi connectivity index (χ2v) is 5.18. The maximum atomic E-state index is 11.4. The van der Waals surface area contributed by atoms with Crippen molar-refractivity contribution < 1.29 is 19.2 Å². The molecule has 0 aliphatic carbocycles. The summed E-state index contributed by atoms with van der Waals surface area (Å²) < 4.78 is 10.1. The number of rotatable bonds is 4. The van der Waals surface area contributed by atoms with Crippen molar-refractivity contribution >= 4 is 23.3 Å². The van der Waals surface area contributed by atoms with Crippen LogP contribution in [0.2, 0.25) is 5.02 Å². The highest BCUT2D eigenvalue weighted by atomic mass is 35.5. The molecule has 0 N–H and O–H groups in total. The first kappa shape index (κ1) is 15.2. The lowest BCUT2D eigenvalue weighted by Crippen LogP contribution is -2.27. The van der Waals surface area contributed by atoms with Crippen molar-refractivity contribution in [1.82, 2.24) is 0 Å². The number of ether oxygens (including phenoxy) is 2. The average molecular weight is 288 g/mol. The molecule has 0 aliphatic heterocycles. The van der Waals surface area contributed by atoms with E-state index in [-0.39, 0.29) is 16.5 Å². The Morgan fingerprint density at radius 2 is 2.05 bits per heavy atom. The van der Waals surface area contributed by atoms with E-state index in [4.69, 9.17) is 21.1 Å². The van der Waals surface area contributed by atoms with Crippen molar-refractivity contribution in [3.05, 3.63) is 33.3 Å². The molecule has 0 amide bonds. The molecule has 1 rings (SSSR count). The topological polar surface area (TPSA) is 78.7 Å². The van der Waals surface area contributed by atoms with E-state index >= 15 is 0 Å². The van der Waals surface area contributed by atoms with E-state index in [9.17, 15) is 14.9 Å². The molecule has 0 atom stereocenters. The second kappa shape index (κ2) is 5.88. The smallest absolute Gasteiger partial charge is 0.344 e. The standard InChI is InChI=1S/C12H14ClNO5/c1-12(2,3)19-11(15)7-18-10-5-4-8(13)6-9(10)14(16)17/h4-6H,7H2,1-3H3. The lowest BCUT2D eigenvalue weighted by atomic mass is 10.2. The Morgan fingerprint density at radius 1 is 1.42 bits per heavy atom. The maximum absolute atomic E-state index is 11.4. The number of carbonyl (C=O) groups excluding carboxylic acids is 1. The summed E-state index contributed by atoms with van der Waals surface area (Å²) in [5.41, 5.74) is -0.928. The van der Waals surface area contributed by atoms with Gasteiger partial charge in [-0.05, 0) is 32.9 Å². The van der Waals surface area contributed by atoms with Crippen LogP contribution in [0.25, 0.3) is 0 Å². The lowest BCUT2D eigenvalue weighted by Gasteiger charge is -2.19. The van der Waals surface area contributed by atoms with Gasteiger partial charge in [-0.3, -0.25) is 10.1 Å². The summed E-state index contributed by atoms with van der Waals surface area (Å²) in [4.78, 5) is 21.6. The fourth-order valence-electron chi connectivity index (χ4n) is 1.26. The van der Waals surface area contributed by atoms with Crippen LogP contribution in [-0.4, -0.2) is 23.1 Å². The van der Waals surface area contributed by atoms with Crippen LogP contribution >= 0.6 is 11.6 Å². The van der Waals surface area contributed by atoms with Gasteiger partial charge < -0.3 is 9.47 Å². The van der Waals surface area contributed by atoms with Gasteiger partial charge in [0.1, 0.15) is 5.60 Å². The first-order valence-electron chi connectivity index (χ1n) is 5.47. The number of hydrogen-bond donors (Lipinski definition) is 0. The van der Waals surface area contributed by atoms with Gasteiger partial charge in [0.05, 0.1) is 4.92 Å². The summed E-state index contributed by atoms with van der Waals surface area (Å²) in [6.07, 6.45) is 0. The molecule has 0 saturated carbocycles.